The van der Waals surface area contributed by atoms with Crippen LogP contribution in [-0.2, 0) is 16.1 Å². The summed E-state index contributed by atoms with van der Waals surface area (Å²) in [5.41, 5.74) is 8.63. The first-order valence-electron chi connectivity index (χ1n) is 16.6. The van der Waals surface area contributed by atoms with Gasteiger partial charge in [0, 0.05) is 50.7 Å². The van der Waals surface area contributed by atoms with Gasteiger partial charge in [-0.1, -0.05) is 48.1 Å². The van der Waals surface area contributed by atoms with Gasteiger partial charge in [-0.25, -0.2) is 4.99 Å². The summed E-state index contributed by atoms with van der Waals surface area (Å²) in [5, 5.41) is 3.01. The maximum absolute atomic E-state index is 13.3. The van der Waals surface area contributed by atoms with E-state index in [4.69, 9.17) is 0 Å². The van der Waals surface area contributed by atoms with Crippen molar-refractivity contribution in [3.8, 4) is 11.3 Å². The number of piperazine rings is 1. The predicted molar refractivity (Wildman–Crippen MR) is 183 cm³/mol. The summed E-state index contributed by atoms with van der Waals surface area (Å²) < 4.78 is 0. The number of aromatic nitrogens is 1. The lowest BCUT2D eigenvalue weighted by atomic mass is 9.82. The molecule has 2 N–H and O–H groups in total. The number of rotatable bonds is 12. The Morgan fingerprint density at radius 3 is 2.27 bits per heavy atom. The van der Waals surface area contributed by atoms with E-state index >= 15 is 0 Å². The van der Waals surface area contributed by atoms with Gasteiger partial charge in [-0.3, -0.25) is 19.4 Å². The van der Waals surface area contributed by atoms with Gasteiger partial charge in [0.25, 0.3) is 5.91 Å². The number of aliphatic imine (C=N–C) groups is 1. The van der Waals surface area contributed by atoms with Crippen LogP contribution in [0.25, 0.3) is 17.3 Å². The van der Waals surface area contributed by atoms with E-state index in [1.54, 1.807) is 0 Å². The third-order valence-electron chi connectivity index (χ3n) is 9.54. The number of hydrogen-bond acceptors (Lipinski definition) is 4. The highest BCUT2D eigenvalue weighted by atomic mass is 16.2. The van der Waals surface area contributed by atoms with Crippen LogP contribution in [0.15, 0.2) is 28.8 Å². The first kappa shape index (κ1) is 33.9. The fourth-order valence-electron chi connectivity index (χ4n) is 6.28. The topological polar surface area (TPSA) is 80.8 Å². The van der Waals surface area contributed by atoms with Crippen LogP contribution >= 0.6 is 0 Å². The van der Waals surface area contributed by atoms with E-state index in [0.717, 1.165) is 74.0 Å². The molecule has 1 aromatic carbocycles. The number of hydrogen-bond donors (Lipinski definition) is 2. The summed E-state index contributed by atoms with van der Waals surface area (Å²) in [7, 11) is 0. The van der Waals surface area contributed by atoms with Crippen molar-refractivity contribution in [2.45, 2.75) is 100 Å². The Morgan fingerprint density at radius 2 is 1.68 bits per heavy atom. The molecule has 2 amide bonds. The van der Waals surface area contributed by atoms with Crippen LogP contribution in [0.4, 0.5) is 0 Å². The molecule has 0 spiro atoms. The summed E-state index contributed by atoms with van der Waals surface area (Å²) in [6.07, 6.45) is 10.1. The van der Waals surface area contributed by atoms with E-state index in [9.17, 15) is 9.59 Å². The third-order valence-corrected chi connectivity index (χ3v) is 9.54. The highest BCUT2D eigenvalue weighted by Crippen LogP contribution is 2.36. The van der Waals surface area contributed by atoms with Crippen molar-refractivity contribution < 1.29 is 9.59 Å². The Kier molecular flexibility index (Phi) is 11.4. The minimum Gasteiger partial charge on any atom is -0.358 e. The minimum absolute atomic E-state index is 0.0817. The molecule has 44 heavy (non-hydrogen) atoms. The van der Waals surface area contributed by atoms with Crippen LogP contribution in [0.5, 0.6) is 0 Å². The molecule has 1 saturated heterocycles. The van der Waals surface area contributed by atoms with Crippen molar-refractivity contribution in [2.75, 3.05) is 32.7 Å². The number of H-pyrrole nitrogens is 1. The SMILES string of the molecule is C/C(=C\c1c(C)[nH]c(-c2cc(C)cc(C)c2)c1CN1CCN(CC(=O)NC(C)C)CC1)C(C)(C)C(=O)N=CCCC1CCC1. The second-order valence-corrected chi connectivity index (χ2v) is 14.1. The van der Waals surface area contributed by atoms with E-state index in [0.29, 0.717) is 6.54 Å². The molecule has 1 aromatic heterocycles. The second-order valence-electron chi connectivity index (χ2n) is 14.1. The molecule has 2 heterocycles. The Labute approximate surface area is 265 Å². The van der Waals surface area contributed by atoms with E-state index in [-0.39, 0.29) is 17.9 Å². The molecule has 0 atom stereocenters. The lowest BCUT2D eigenvalue weighted by Gasteiger charge is -2.34. The van der Waals surface area contributed by atoms with E-state index in [1.807, 2.05) is 33.9 Å². The molecule has 2 aromatic rings. The van der Waals surface area contributed by atoms with E-state index in [2.05, 4.69) is 77.1 Å². The van der Waals surface area contributed by atoms with Gasteiger partial charge < -0.3 is 10.3 Å². The molecule has 7 heteroatoms. The Morgan fingerprint density at radius 1 is 1.05 bits per heavy atom. The molecule has 240 valence electrons. The zero-order valence-electron chi connectivity index (χ0n) is 28.5. The Balaban J connectivity index is 1.56. The van der Waals surface area contributed by atoms with Gasteiger partial charge in [-0.2, -0.15) is 0 Å². The van der Waals surface area contributed by atoms with Crippen LogP contribution in [0.1, 0.15) is 94.7 Å². The maximum atomic E-state index is 13.3. The van der Waals surface area contributed by atoms with Crippen LogP contribution in [0, 0.1) is 32.1 Å². The third kappa shape index (κ3) is 8.79. The largest absolute Gasteiger partial charge is 0.358 e. The first-order valence-corrected chi connectivity index (χ1v) is 16.6. The molecule has 0 bridgehead atoms. The van der Waals surface area contributed by atoms with Gasteiger partial charge >= 0.3 is 0 Å². The summed E-state index contributed by atoms with van der Waals surface area (Å²) in [6, 6.07) is 6.86. The standard InChI is InChI=1S/C37H55N5O2/c1-25(2)39-34(43)24-42-17-15-41(16-18-42)23-33-32(29(6)40-35(33)31-20-26(3)19-27(4)21-31)22-28(5)37(7,8)36(44)38-14-10-13-30-11-9-12-30/h14,19-22,25,30,40H,9-13,15-18,23-24H2,1-8H3,(H,39,43)/b28-22+,38-14?. The number of benzene rings is 1. The van der Waals surface area contributed by atoms with Crippen molar-refractivity contribution in [1.82, 2.24) is 20.1 Å². The quantitative estimate of drug-likeness (QED) is 0.261. The summed E-state index contributed by atoms with van der Waals surface area (Å²) in [5.74, 6) is 0.830. The number of carbonyl (C=O) groups is 2. The Bertz CT molecular complexity index is 1350. The summed E-state index contributed by atoms with van der Waals surface area (Å²) >= 11 is 0. The van der Waals surface area contributed by atoms with Gasteiger partial charge in [0.15, 0.2) is 0 Å². The van der Waals surface area contributed by atoms with Crippen molar-refractivity contribution in [3.05, 3.63) is 51.7 Å². The Hall–Kier alpha value is -3.03. The molecule has 4 rings (SSSR count). The smallest absolute Gasteiger partial charge is 0.255 e. The van der Waals surface area contributed by atoms with Crippen molar-refractivity contribution in [2.24, 2.45) is 16.3 Å². The van der Waals surface area contributed by atoms with Gasteiger partial charge in [0.2, 0.25) is 5.91 Å². The first-order chi connectivity index (χ1) is 20.8. The normalized spacial score (nSPS) is 17.4. The van der Waals surface area contributed by atoms with Crippen LogP contribution < -0.4 is 5.32 Å². The molecule has 1 aliphatic carbocycles. The minimum atomic E-state index is -0.698. The highest BCUT2D eigenvalue weighted by Gasteiger charge is 2.30. The number of carbonyl (C=O) groups excluding carboxylic acids is 2. The number of nitrogens with one attached hydrogen (secondary N) is 2. The average molecular weight is 602 g/mol. The monoisotopic (exact) mass is 601 g/mol. The molecule has 1 aliphatic heterocycles. The molecule has 0 unspecified atom stereocenters. The number of amides is 2. The van der Waals surface area contributed by atoms with E-state index in [1.165, 1.54) is 41.5 Å². The predicted octanol–water partition coefficient (Wildman–Crippen LogP) is 6.86. The van der Waals surface area contributed by atoms with Crippen molar-refractivity contribution in [1.29, 1.82) is 0 Å². The summed E-state index contributed by atoms with van der Waals surface area (Å²) in [4.78, 5) is 38.5. The lowest BCUT2D eigenvalue weighted by Crippen LogP contribution is -2.49. The van der Waals surface area contributed by atoms with Crippen molar-refractivity contribution >= 4 is 24.1 Å². The maximum Gasteiger partial charge on any atom is 0.255 e. The van der Waals surface area contributed by atoms with Gasteiger partial charge in [0.05, 0.1) is 17.7 Å². The van der Waals surface area contributed by atoms with Crippen molar-refractivity contribution in [3.63, 3.8) is 0 Å². The van der Waals surface area contributed by atoms with E-state index < -0.39 is 5.41 Å². The zero-order chi connectivity index (χ0) is 32.0. The van der Waals surface area contributed by atoms with Crippen LogP contribution in [-0.4, -0.2) is 71.6 Å². The highest BCUT2D eigenvalue weighted by molar-refractivity contribution is 5.92. The molecule has 1 saturated carbocycles. The fourth-order valence-corrected chi connectivity index (χ4v) is 6.28. The molecular formula is C37H55N5O2. The molecule has 2 fully saturated rings. The molecular weight excluding hydrogens is 546 g/mol. The molecule has 2 aliphatic rings. The fraction of sp³-hybridized carbons (Fsp3) is 0.595. The number of aryl methyl sites for hydroxylation is 3. The molecule has 0 radical (unpaired) electrons. The van der Waals surface area contributed by atoms with Gasteiger partial charge in [0.1, 0.15) is 0 Å². The number of nitrogens with zero attached hydrogens (tertiary/aromatic N) is 3. The molecule has 7 nitrogen and oxygen atoms in total. The van der Waals surface area contributed by atoms with Crippen LogP contribution in [0.3, 0.4) is 0 Å². The second kappa shape index (κ2) is 14.8. The number of aromatic amines is 1. The van der Waals surface area contributed by atoms with Gasteiger partial charge in [-0.15, -0.1) is 0 Å². The zero-order valence-corrected chi connectivity index (χ0v) is 28.5. The average Bonchev–Trinajstić information content (AvgIpc) is 3.21. The van der Waals surface area contributed by atoms with Crippen LogP contribution in [0.2, 0.25) is 0 Å². The van der Waals surface area contributed by atoms with Gasteiger partial charge in [-0.05, 0) is 103 Å². The summed E-state index contributed by atoms with van der Waals surface area (Å²) in [6.45, 7) is 21.2. The lowest BCUT2D eigenvalue weighted by molar-refractivity contribution is -0.124.